The molecule has 1 saturated heterocycles. The van der Waals surface area contributed by atoms with Gasteiger partial charge in [0.05, 0.1) is 12.5 Å². The van der Waals surface area contributed by atoms with Gasteiger partial charge in [-0.15, -0.1) is 6.58 Å². The Morgan fingerprint density at radius 2 is 2.24 bits per heavy atom. The summed E-state index contributed by atoms with van der Waals surface area (Å²) in [4.78, 5) is 18.8. The fourth-order valence-electron chi connectivity index (χ4n) is 3.06. The SMILES string of the molecule is C=CCNC(=O)C1CCCN(Cc2noc(-c3ccc(C)cc3)n2)C1. The maximum atomic E-state index is 12.1. The molecule has 0 bridgehead atoms. The Bertz CT molecular complexity index is 723. The highest BCUT2D eigenvalue weighted by Crippen LogP contribution is 2.21. The van der Waals surface area contributed by atoms with Crippen molar-refractivity contribution in [1.82, 2.24) is 20.4 Å². The van der Waals surface area contributed by atoms with Crippen LogP contribution in [-0.4, -0.2) is 40.6 Å². The molecule has 1 aliphatic heterocycles. The van der Waals surface area contributed by atoms with Crippen molar-refractivity contribution in [3.8, 4) is 11.5 Å². The lowest BCUT2D eigenvalue weighted by Crippen LogP contribution is -2.42. The Morgan fingerprint density at radius 3 is 3.00 bits per heavy atom. The molecule has 1 atom stereocenters. The first kappa shape index (κ1) is 17.4. The van der Waals surface area contributed by atoms with Gasteiger partial charge in [-0.25, -0.2) is 0 Å². The van der Waals surface area contributed by atoms with E-state index in [9.17, 15) is 4.79 Å². The molecule has 2 aromatic rings. The topological polar surface area (TPSA) is 71.3 Å². The van der Waals surface area contributed by atoms with Gasteiger partial charge in [0.25, 0.3) is 5.89 Å². The third-order valence-electron chi connectivity index (χ3n) is 4.43. The van der Waals surface area contributed by atoms with Crippen molar-refractivity contribution in [2.45, 2.75) is 26.3 Å². The molecular weight excluding hydrogens is 316 g/mol. The van der Waals surface area contributed by atoms with E-state index >= 15 is 0 Å². The van der Waals surface area contributed by atoms with E-state index in [1.165, 1.54) is 5.56 Å². The number of benzene rings is 1. The summed E-state index contributed by atoms with van der Waals surface area (Å²) in [6.45, 7) is 8.45. The number of nitrogens with one attached hydrogen (secondary N) is 1. The summed E-state index contributed by atoms with van der Waals surface area (Å²) >= 11 is 0. The average molecular weight is 340 g/mol. The Labute approximate surface area is 147 Å². The number of aryl methyl sites for hydroxylation is 1. The van der Waals surface area contributed by atoms with Gasteiger partial charge in [-0.2, -0.15) is 4.98 Å². The van der Waals surface area contributed by atoms with E-state index in [-0.39, 0.29) is 11.8 Å². The number of hydrogen-bond acceptors (Lipinski definition) is 5. The maximum absolute atomic E-state index is 12.1. The minimum atomic E-state index is 0.0113. The summed E-state index contributed by atoms with van der Waals surface area (Å²) in [6.07, 6.45) is 3.61. The second kappa shape index (κ2) is 8.07. The van der Waals surface area contributed by atoms with E-state index in [0.717, 1.165) is 31.5 Å². The predicted molar refractivity (Wildman–Crippen MR) is 95.7 cm³/mol. The standard InChI is InChI=1S/C19H24N4O2/c1-3-10-20-18(24)16-5-4-11-23(12-16)13-17-21-19(25-22-17)15-8-6-14(2)7-9-15/h3,6-9,16H,1,4-5,10-13H2,2H3,(H,20,24). The molecular formula is C19H24N4O2. The summed E-state index contributed by atoms with van der Waals surface area (Å²) in [6, 6.07) is 8.01. The summed E-state index contributed by atoms with van der Waals surface area (Å²) < 4.78 is 5.38. The van der Waals surface area contributed by atoms with E-state index in [4.69, 9.17) is 4.52 Å². The van der Waals surface area contributed by atoms with Crippen LogP contribution in [0, 0.1) is 12.8 Å². The number of hydrogen-bond donors (Lipinski definition) is 1. The fraction of sp³-hybridized carbons (Fsp3) is 0.421. The minimum Gasteiger partial charge on any atom is -0.352 e. The number of aromatic nitrogens is 2. The summed E-state index contributed by atoms with van der Waals surface area (Å²) in [5.74, 6) is 1.30. The quantitative estimate of drug-likeness (QED) is 0.818. The Balaban J connectivity index is 1.59. The number of carbonyl (C=O) groups is 1. The highest BCUT2D eigenvalue weighted by molar-refractivity contribution is 5.79. The second-order valence-corrected chi connectivity index (χ2v) is 6.49. The molecule has 1 aromatic heterocycles. The van der Waals surface area contributed by atoms with Crippen LogP contribution in [0.1, 0.15) is 24.2 Å². The average Bonchev–Trinajstić information content (AvgIpc) is 3.09. The van der Waals surface area contributed by atoms with Crippen molar-refractivity contribution in [2.24, 2.45) is 5.92 Å². The van der Waals surface area contributed by atoms with Gasteiger partial charge in [0.15, 0.2) is 5.82 Å². The molecule has 0 saturated carbocycles. The molecule has 3 rings (SSSR count). The van der Waals surface area contributed by atoms with Crippen LogP contribution in [0.25, 0.3) is 11.5 Å². The van der Waals surface area contributed by atoms with E-state index in [2.05, 4.69) is 26.9 Å². The number of likely N-dealkylation sites (tertiary alicyclic amines) is 1. The van der Waals surface area contributed by atoms with Crippen molar-refractivity contribution < 1.29 is 9.32 Å². The molecule has 6 nitrogen and oxygen atoms in total. The highest BCUT2D eigenvalue weighted by atomic mass is 16.5. The zero-order valence-electron chi connectivity index (χ0n) is 14.6. The number of piperidine rings is 1. The van der Waals surface area contributed by atoms with Crippen molar-refractivity contribution >= 4 is 5.91 Å². The van der Waals surface area contributed by atoms with Crippen LogP contribution >= 0.6 is 0 Å². The van der Waals surface area contributed by atoms with Crippen LogP contribution < -0.4 is 5.32 Å². The van der Waals surface area contributed by atoms with E-state index in [1.54, 1.807) is 6.08 Å². The zero-order valence-corrected chi connectivity index (χ0v) is 14.6. The maximum Gasteiger partial charge on any atom is 0.257 e. The Hall–Kier alpha value is -2.47. The molecule has 0 spiro atoms. The van der Waals surface area contributed by atoms with Crippen molar-refractivity contribution in [3.05, 3.63) is 48.3 Å². The molecule has 1 unspecified atom stereocenters. The highest BCUT2D eigenvalue weighted by Gasteiger charge is 2.26. The molecule has 0 aliphatic carbocycles. The molecule has 6 heteroatoms. The van der Waals surface area contributed by atoms with E-state index in [1.807, 2.05) is 31.2 Å². The largest absolute Gasteiger partial charge is 0.352 e. The Kier molecular flexibility index (Phi) is 5.60. The fourth-order valence-corrected chi connectivity index (χ4v) is 3.06. The summed E-state index contributed by atoms with van der Waals surface area (Å²) in [5.41, 5.74) is 2.11. The molecule has 1 fully saturated rings. The molecule has 0 radical (unpaired) electrons. The summed E-state index contributed by atoms with van der Waals surface area (Å²) in [5, 5.41) is 6.97. The number of amides is 1. The van der Waals surface area contributed by atoms with Crippen LogP contribution in [0.4, 0.5) is 0 Å². The van der Waals surface area contributed by atoms with Gasteiger partial charge in [0.2, 0.25) is 5.91 Å². The van der Waals surface area contributed by atoms with E-state index < -0.39 is 0 Å². The Morgan fingerprint density at radius 1 is 1.44 bits per heavy atom. The lowest BCUT2D eigenvalue weighted by Gasteiger charge is -2.30. The number of rotatable bonds is 6. The molecule has 132 valence electrons. The van der Waals surface area contributed by atoms with Crippen molar-refractivity contribution in [3.63, 3.8) is 0 Å². The van der Waals surface area contributed by atoms with Gasteiger partial charge in [0.1, 0.15) is 0 Å². The lowest BCUT2D eigenvalue weighted by atomic mass is 9.97. The molecule has 1 amide bonds. The minimum absolute atomic E-state index is 0.0113. The third-order valence-corrected chi connectivity index (χ3v) is 4.43. The zero-order chi connectivity index (χ0) is 17.6. The van der Waals surface area contributed by atoms with Crippen LogP contribution in [0.15, 0.2) is 41.4 Å². The monoisotopic (exact) mass is 340 g/mol. The predicted octanol–water partition coefficient (Wildman–Crippen LogP) is 2.56. The third kappa shape index (κ3) is 4.54. The van der Waals surface area contributed by atoms with Crippen molar-refractivity contribution in [2.75, 3.05) is 19.6 Å². The molecule has 2 heterocycles. The summed E-state index contributed by atoms with van der Waals surface area (Å²) in [7, 11) is 0. The number of nitrogens with zero attached hydrogens (tertiary/aromatic N) is 3. The lowest BCUT2D eigenvalue weighted by molar-refractivity contribution is -0.126. The van der Waals surface area contributed by atoms with Crippen molar-refractivity contribution in [1.29, 1.82) is 0 Å². The van der Waals surface area contributed by atoms with Gasteiger partial charge < -0.3 is 9.84 Å². The van der Waals surface area contributed by atoms with Gasteiger partial charge in [0, 0.05) is 18.7 Å². The van der Waals surface area contributed by atoms with Crippen LogP contribution in [0.3, 0.4) is 0 Å². The molecule has 25 heavy (non-hydrogen) atoms. The van der Waals surface area contributed by atoms with Crippen LogP contribution in [-0.2, 0) is 11.3 Å². The van der Waals surface area contributed by atoms with Gasteiger partial charge >= 0.3 is 0 Å². The molecule has 1 N–H and O–H groups in total. The second-order valence-electron chi connectivity index (χ2n) is 6.49. The van der Waals surface area contributed by atoms with Crippen LogP contribution in [0.2, 0.25) is 0 Å². The van der Waals surface area contributed by atoms with Gasteiger partial charge in [-0.1, -0.05) is 28.9 Å². The molecule has 1 aromatic carbocycles. The normalized spacial score (nSPS) is 18.0. The van der Waals surface area contributed by atoms with Gasteiger partial charge in [-0.3, -0.25) is 9.69 Å². The molecule has 1 aliphatic rings. The van der Waals surface area contributed by atoms with E-state index in [0.29, 0.717) is 24.8 Å². The van der Waals surface area contributed by atoms with Gasteiger partial charge in [-0.05, 0) is 38.4 Å². The van der Waals surface area contributed by atoms with Crippen LogP contribution in [0.5, 0.6) is 0 Å². The smallest absolute Gasteiger partial charge is 0.257 e. The number of carbonyl (C=O) groups excluding carboxylic acids is 1. The first-order chi connectivity index (χ1) is 12.2. The first-order valence-corrected chi connectivity index (χ1v) is 8.66. The first-order valence-electron chi connectivity index (χ1n) is 8.66.